The third-order valence-corrected chi connectivity index (χ3v) is 7.35. The summed E-state index contributed by atoms with van der Waals surface area (Å²) < 4.78 is 10.7. The summed E-state index contributed by atoms with van der Waals surface area (Å²) in [5, 5.41) is 2.86. The second kappa shape index (κ2) is 8.30. The number of hydrogen-bond acceptors (Lipinski definition) is 7. The number of anilines is 1. The molecule has 1 amide bonds. The van der Waals surface area contributed by atoms with E-state index in [0.29, 0.717) is 36.9 Å². The van der Waals surface area contributed by atoms with Gasteiger partial charge in [-0.1, -0.05) is 18.2 Å². The molecule has 158 valence electrons. The number of rotatable bonds is 4. The molecule has 0 bridgehead atoms. The highest BCUT2D eigenvalue weighted by Crippen LogP contribution is 2.42. The summed E-state index contributed by atoms with van der Waals surface area (Å²) in [6.45, 7) is 2.25. The number of benzene rings is 1. The normalized spacial score (nSPS) is 14.2. The van der Waals surface area contributed by atoms with Gasteiger partial charge in [-0.25, -0.2) is 4.98 Å². The van der Waals surface area contributed by atoms with E-state index >= 15 is 0 Å². The number of ether oxygens (including phenoxy) is 2. The second-order valence-corrected chi connectivity index (χ2v) is 9.14. The summed E-state index contributed by atoms with van der Waals surface area (Å²) in [5.41, 5.74) is 9.91. The highest BCUT2D eigenvalue weighted by molar-refractivity contribution is 7.21. The Bertz CT molecular complexity index is 1230. The molecule has 31 heavy (non-hydrogen) atoms. The van der Waals surface area contributed by atoms with E-state index in [4.69, 9.17) is 20.2 Å². The van der Waals surface area contributed by atoms with Gasteiger partial charge < -0.3 is 20.1 Å². The molecule has 0 spiro atoms. The number of amides is 1. The first kappa shape index (κ1) is 20.0. The fraction of sp³-hybridized carbons (Fsp3) is 0.217. The van der Waals surface area contributed by atoms with Gasteiger partial charge in [0.1, 0.15) is 15.5 Å². The monoisotopic (exact) mass is 451 g/mol. The standard InChI is InChI=1S/C23H21N3O3S2/c1-28-15-6-4-14(5-7-15)16-13-17(18-3-2-12-30-18)25-22-19(16)20(24)21(31-22)23(27)26-8-10-29-11-9-26/h2-7,12-13H,8-11,24H2,1H3. The predicted molar refractivity (Wildman–Crippen MR) is 126 cm³/mol. The molecule has 4 aromatic rings. The first-order valence-corrected chi connectivity index (χ1v) is 11.6. The lowest BCUT2D eigenvalue weighted by atomic mass is 10.0. The third-order valence-electron chi connectivity index (χ3n) is 5.37. The Morgan fingerprint density at radius 3 is 2.65 bits per heavy atom. The number of nitrogens with two attached hydrogens (primary N) is 1. The van der Waals surface area contributed by atoms with Crippen molar-refractivity contribution < 1.29 is 14.3 Å². The molecule has 8 heteroatoms. The van der Waals surface area contributed by atoms with Crippen LogP contribution in [0, 0.1) is 0 Å². The van der Waals surface area contributed by atoms with Gasteiger partial charge in [0.2, 0.25) is 0 Å². The number of carbonyl (C=O) groups excluding carboxylic acids is 1. The van der Waals surface area contributed by atoms with Crippen molar-refractivity contribution in [3.8, 4) is 27.4 Å². The summed E-state index contributed by atoms with van der Waals surface area (Å²) in [6.07, 6.45) is 0. The zero-order chi connectivity index (χ0) is 21.4. The van der Waals surface area contributed by atoms with Crippen LogP contribution in [0.25, 0.3) is 31.9 Å². The van der Waals surface area contributed by atoms with Crippen molar-refractivity contribution in [3.05, 3.63) is 52.7 Å². The number of methoxy groups -OCH3 is 1. The Morgan fingerprint density at radius 1 is 1.19 bits per heavy atom. The van der Waals surface area contributed by atoms with Crippen molar-refractivity contribution in [2.45, 2.75) is 0 Å². The van der Waals surface area contributed by atoms with E-state index in [2.05, 4.69) is 6.07 Å². The van der Waals surface area contributed by atoms with Crippen LogP contribution in [0.1, 0.15) is 9.67 Å². The number of thiophene rings is 2. The Kier molecular flexibility index (Phi) is 5.35. The van der Waals surface area contributed by atoms with Gasteiger partial charge in [0.25, 0.3) is 5.91 Å². The maximum Gasteiger partial charge on any atom is 0.266 e. The van der Waals surface area contributed by atoms with Gasteiger partial charge in [-0.05, 0) is 40.8 Å². The van der Waals surface area contributed by atoms with Crippen LogP contribution in [-0.4, -0.2) is 49.2 Å². The predicted octanol–water partition coefficient (Wildman–Crippen LogP) is 4.76. The molecule has 1 fully saturated rings. The van der Waals surface area contributed by atoms with Crippen LogP contribution in [-0.2, 0) is 4.74 Å². The number of nitrogen functional groups attached to an aromatic ring is 1. The van der Waals surface area contributed by atoms with E-state index in [1.54, 1.807) is 23.3 Å². The maximum absolute atomic E-state index is 13.2. The van der Waals surface area contributed by atoms with Crippen LogP contribution in [0.4, 0.5) is 5.69 Å². The lowest BCUT2D eigenvalue weighted by molar-refractivity contribution is 0.0307. The number of hydrogen-bond donors (Lipinski definition) is 1. The number of pyridine rings is 1. The maximum atomic E-state index is 13.2. The van der Waals surface area contributed by atoms with Crippen molar-refractivity contribution in [2.75, 3.05) is 39.1 Å². The van der Waals surface area contributed by atoms with E-state index in [1.165, 1.54) is 11.3 Å². The van der Waals surface area contributed by atoms with Crippen molar-refractivity contribution in [1.82, 2.24) is 9.88 Å². The topological polar surface area (TPSA) is 77.7 Å². The molecular formula is C23H21N3O3S2. The molecule has 5 rings (SSSR count). The second-order valence-electron chi connectivity index (χ2n) is 7.19. The molecule has 0 atom stereocenters. The number of fused-ring (bicyclic) bond motifs is 1. The highest BCUT2D eigenvalue weighted by Gasteiger charge is 2.26. The molecule has 3 aromatic heterocycles. The van der Waals surface area contributed by atoms with E-state index in [9.17, 15) is 4.79 Å². The SMILES string of the molecule is COc1ccc(-c2cc(-c3cccs3)nc3sc(C(=O)N4CCOCC4)c(N)c23)cc1. The molecule has 0 saturated carbocycles. The fourth-order valence-corrected chi connectivity index (χ4v) is 5.51. The van der Waals surface area contributed by atoms with Gasteiger partial charge >= 0.3 is 0 Å². The lowest BCUT2D eigenvalue weighted by Gasteiger charge is -2.26. The van der Waals surface area contributed by atoms with Gasteiger partial charge in [-0.15, -0.1) is 22.7 Å². The molecule has 1 saturated heterocycles. The molecule has 0 radical (unpaired) electrons. The minimum atomic E-state index is -0.0536. The Hall–Kier alpha value is -2.94. The lowest BCUT2D eigenvalue weighted by Crippen LogP contribution is -2.40. The van der Waals surface area contributed by atoms with Crippen molar-refractivity contribution in [1.29, 1.82) is 0 Å². The Morgan fingerprint density at radius 2 is 1.97 bits per heavy atom. The fourth-order valence-electron chi connectivity index (χ4n) is 3.74. The van der Waals surface area contributed by atoms with Crippen LogP contribution < -0.4 is 10.5 Å². The van der Waals surface area contributed by atoms with Crippen LogP contribution in [0.2, 0.25) is 0 Å². The van der Waals surface area contributed by atoms with E-state index in [-0.39, 0.29) is 5.91 Å². The van der Waals surface area contributed by atoms with Gasteiger partial charge in [-0.2, -0.15) is 0 Å². The van der Waals surface area contributed by atoms with Crippen molar-refractivity contribution in [3.63, 3.8) is 0 Å². The van der Waals surface area contributed by atoms with Gasteiger partial charge in [0, 0.05) is 18.5 Å². The molecule has 2 N–H and O–H groups in total. The van der Waals surface area contributed by atoms with Gasteiger partial charge in [0.15, 0.2) is 0 Å². The molecule has 1 aliphatic heterocycles. The van der Waals surface area contributed by atoms with Crippen LogP contribution >= 0.6 is 22.7 Å². The largest absolute Gasteiger partial charge is 0.497 e. The minimum Gasteiger partial charge on any atom is -0.497 e. The smallest absolute Gasteiger partial charge is 0.266 e. The minimum absolute atomic E-state index is 0.0536. The number of morpholine rings is 1. The van der Waals surface area contributed by atoms with Crippen LogP contribution in [0.3, 0.4) is 0 Å². The van der Waals surface area contributed by atoms with Crippen molar-refractivity contribution >= 4 is 44.5 Å². The Labute approximate surface area is 187 Å². The quantitative estimate of drug-likeness (QED) is 0.484. The number of carbonyl (C=O) groups is 1. The van der Waals surface area contributed by atoms with Crippen molar-refractivity contribution in [2.24, 2.45) is 0 Å². The van der Waals surface area contributed by atoms with E-state index in [0.717, 1.165) is 37.7 Å². The summed E-state index contributed by atoms with van der Waals surface area (Å²) >= 11 is 3.00. The third kappa shape index (κ3) is 3.67. The molecule has 0 aliphatic carbocycles. The van der Waals surface area contributed by atoms with Gasteiger partial charge in [0.05, 0.1) is 36.6 Å². The zero-order valence-electron chi connectivity index (χ0n) is 17.0. The molecule has 4 heterocycles. The summed E-state index contributed by atoms with van der Waals surface area (Å²) in [4.78, 5) is 22.3. The van der Waals surface area contributed by atoms with Crippen LogP contribution in [0.15, 0.2) is 47.8 Å². The molecule has 1 aliphatic rings. The highest BCUT2D eigenvalue weighted by atomic mass is 32.1. The molecule has 6 nitrogen and oxygen atoms in total. The summed E-state index contributed by atoms with van der Waals surface area (Å²) in [7, 11) is 1.65. The number of nitrogens with zero attached hydrogens (tertiary/aromatic N) is 2. The summed E-state index contributed by atoms with van der Waals surface area (Å²) in [6, 6.07) is 14.0. The van der Waals surface area contributed by atoms with E-state index < -0.39 is 0 Å². The molecular weight excluding hydrogens is 430 g/mol. The molecule has 1 aromatic carbocycles. The summed E-state index contributed by atoms with van der Waals surface area (Å²) in [5.74, 6) is 0.733. The van der Waals surface area contributed by atoms with Crippen LogP contribution in [0.5, 0.6) is 5.75 Å². The van der Waals surface area contributed by atoms with Gasteiger partial charge in [-0.3, -0.25) is 4.79 Å². The first-order chi connectivity index (χ1) is 15.2. The zero-order valence-corrected chi connectivity index (χ0v) is 18.6. The average molecular weight is 452 g/mol. The number of aromatic nitrogens is 1. The Balaban J connectivity index is 1.69. The molecule has 0 unspecified atom stereocenters. The average Bonchev–Trinajstić information content (AvgIpc) is 3.47. The first-order valence-electron chi connectivity index (χ1n) is 9.94. The van der Waals surface area contributed by atoms with E-state index in [1.807, 2.05) is 41.8 Å².